The van der Waals surface area contributed by atoms with Gasteiger partial charge in [0.15, 0.2) is 5.60 Å². The number of carbonyl (C=O) groups is 2. The SMILES string of the molecule is O=C(/C=C/c1ccccc1)OC1CC2C=CC1(OC(=O)/C=C/c1ccccc1)C2. The van der Waals surface area contributed by atoms with Crippen molar-refractivity contribution in [3.05, 3.63) is 96.1 Å². The summed E-state index contributed by atoms with van der Waals surface area (Å²) in [6.45, 7) is 0. The minimum Gasteiger partial charge on any atom is -0.455 e. The topological polar surface area (TPSA) is 52.6 Å². The molecule has 0 aromatic heterocycles. The van der Waals surface area contributed by atoms with Crippen molar-refractivity contribution in [2.24, 2.45) is 5.92 Å². The molecule has 0 heterocycles. The van der Waals surface area contributed by atoms with Gasteiger partial charge in [0.25, 0.3) is 0 Å². The van der Waals surface area contributed by atoms with Crippen LogP contribution in [0.3, 0.4) is 0 Å². The Morgan fingerprint density at radius 3 is 2.03 bits per heavy atom. The first-order valence-corrected chi connectivity index (χ1v) is 9.72. The number of carbonyl (C=O) groups excluding carboxylic acids is 2. The molecule has 0 spiro atoms. The lowest BCUT2D eigenvalue weighted by Crippen LogP contribution is -2.42. The molecular formula is C25H22O4. The van der Waals surface area contributed by atoms with Gasteiger partial charge in [-0.2, -0.15) is 0 Å². The van der Waals surface area contributed by atoms with Gasteiger partial charge < -0.3 is 9.47 Å². The molecule has 2 aromatic rings. The Balaban J connectivity index is 1.40. The van der Waals surface area contributed by atoms with Gasteiger partial charge in [0.2, 0.25) is 0 Å². The highest BCUT2D eigenvalue weighted by Crippen LogP contribution is 2.46. The molecule has 0 saturated heterocycles. The Labute approximate surface area is 170 Å². The molecule has 0 N–H and O–H groups in total. The highest BCUT2D eigenvalue weighted by Gasteiger charge is 2.53. The molecule has 0 radical (unpaired) electrons. The Hall–Kier alpha value is -3.40. The summed E-state index contributed by atoms with van der Waals surface area (Å²) in [5.41, 5.74) is 0.964. The molecule has 3 unspecified atom stereocenters. The van der Waals surface area contributed by atoms with Crippen molar-refractivity contribution in [2.45, 2.75) is 24.5 Å². The van der Waals surface area contributed by atoms with Crippen molar-refractivity contribution in [1.29, 1.82) is 0 Å². The third-order valence-electron chi connectivity index (χ3n) is 5.27. The number of fused-ring (bicyclic) bond motifs is 2. The summed E-state index contributed by atoms with van der Waals surface area (Å²) >= 11 is 0. The molecule has 2 bridgehead atoms. The second-order valence-corrected chi connectivity index (χ2v) is 7.35. The average molecular weight is 386 g/mol. The van der Waals surface area contributed by atoms with Crippen LogP contribution in [0.5, 0.6) is 0 Å². The van der Waals surface area contributed by atoms with E-state index in [0.29, 0.717) is 12.8 Å². The van der Waals surface area contributed by atoms with Crippen molar-refractivity contribution in [3.8, 4) is 0 Å². The lowest BCUT2D eigenvalue weighted by molar-refractivity contribution is -0.168. The predicted molar refractivity (Wildman–Crippen MR) is 112 cm³/mol. The van der Waals surface area contributed by atoms with E-state index in [-0.39, 0.29) is 5.92 Å². The smallest absolute Gasteiger partial charge is 0.331 e. The molecule has 3 atom stereocenters. The molecule has 0 amide bonds. The number of benzene rings is 2. The van der Waals surface area contributed by atoms with E-state index < -0.39 is 23.6 Å². The molecule has 0 aliphatic heterocycles. The van der Waals surface area contributed by atoms with Crippen LogP contribution in [0.2, 0.25) is 0 Å². The van der Waals surface area contributed by atoms with Gasteiger partial charge in [-0.1, -0.05) is 66.7 Å². The van der Waals surface area contributed by atoms with Crippen molar-refractivity contribution in [2.75, 3.05) is 0 Å². The second-order valence-electron chi connectivity index (χ2n) is 7.35. The summed E-state index contributed by atoms with van der Waals surface area (Å²) in [7, 11) is 0. The first-order chi connectivity index (χ1) is 14.1. The zero-order valence-corrected chi connectivity index (χ0v) is 15.9. The molecule has 1 saturated carbocycles. The second kappa shape index (κ2) is 8.31. The van der Waals surface area contributed by atoms with E-state index in [4.69, 9.17) is 9.47 Å². The number of hydrogen-bond donors (Lipinski definition) is 0. The Morgan fingerprint density at radius 1 is 0.862 bits per heavy atom. The van der Waals surface area contributed by atoms with Gasteiger partial charge >= 0.3 is 11.9 Å². The van der Waals surface area contributed by atoms with Crippen LogP contribution < -0.4 is 0 Å². The molecule has 2 aromatic carbocycles. The molecule has 4 nitrogen and oxygen atoms in total. The van der Waals surface area contributed by atoms with Crippen LogP contribution in [0.4, 0.5) is 0 Å². The van der Waals surface area contributed by atoms with Gasteiger partial charge in [0.1, 0.15) is 6.10 Å². The van der Waals surface area contributed by atoms with Crippen LogP contribution in [0, 0.1) is 5.92 Å². The highest BCUT2D eigenvalue weighted by atomic mass is 16.6. The maximum Gasteiger partial charge on any atom is 0.331 e. The number of hydrogen-bond acceptors (Lipinski definition) is 4. The standard InChI is InChI=1S/C25H22O4/c26-23(13-11-19-7-3-1-4-8-19)28-22-17-21-15-16-25(22,18-21)29-24(27)14-12-20-9-5-2-6-10-20/h1-16,21-22H,17-18H2/b13-11+,14-12+. The molecule has 1 fully saturated rings. The average Bonchev–Trinajstić information content (AvgIpc) is 3.30. The first-order valence-electron chi connectivity index (χ1n) is 9.72. The molecule has 146 valence electrons. The van der Waals surface area contributed by atoms with E-state index in [2.05, 4.69) is 0 Å². The highest BCUT2D eigenvalue weighted by molar-refractivity contribution is 5.88. The van der Waals surface area contributed by atoms with E-state index in [1.54, 1.807) is 12.2 Å². The number of rotatable bonds is 6. The van der Waals surface area contributed by atoms with Crippen LogP contribution in [0.15, 0.2) is 85.0 Å². The summed E-state index contributed by atoms with van der Waals surface area (Å²) in [6, 6.07) is 19.1. The van der Waals surface area contributed by atoms with Crippen molar-refractivity contribution in [3.63, 3.8) is 0 Å². The summed E-state index contributed by atoms with van der Waals surface area (Å²) in [4.78, 5) is 24.7. The minimum atomic E-state index is -0.876. The molecule has 29 heavy (non-hydrogen) atoms. The van der Waals surface area contributed by atoms with Crippen LogP contribution in [0.1, 0.15) is 24.0 Å². The number of ether oxygens (including phenoxy) is 2. The predicted octanol–water partition coefficient (Wildman–Crippen LogP) is 4.59. The Morgan fingerprint density at radius 2 is 1.45 bits per heavy atom. The maximum atomic E-state index is 12.4. The fraction of sp³-hybridized carbons (Fsp3) is 0.200. The zero-order chi connectivity index (χ0) is 20.1. The van der Waals surface area contributed by atoms with E-state index in [1.165, 1.54) is 12.2 Å². The van der Waals surface area contributed by atoms with Gasteiger partial charge in [-0.15, -0.1) is 0 Å². The zero-order valence-electron chi connectivity index (χ0n) is 15.9. The Bertz CT molecular complexity index is 959. The van der Waals surface area contributed by atoms with Gasteiger partial charge in [0.05, 0.1) is 0 Å². The first kappa shape index (κ1) is 18.9. The lowest BCUT2D eigenvalue weighted by Gasteiger charge is -2.30. The quantitative estimate of drug-likeness (QED) is 0.414. The summed E-state index contributed by atoms with van der Waals surface area (Å²) in [6.07, 6.45) is 11.0. The van der Waals surface area contributed by atoms with Gasteiger partial charge in [-0.25, -0.2) is 9.59 Å². The van der Waals surface area contributed by atoms with Crippen LogP contribution in [-0.4, -0.2) is 23.6 Å². The number of allylic oxidation sites excluding steroid dienone is 1. The molecule has 4 heteroatoms. The van der Waals surface area contributed by atoms with Crippen LogP contribution in [0.25, 0.3) is 12.2 Å². The van der Waals surface area contributed by atoms with Crippen LogP contribution >= 0.6 is 0 Å². The van der Waals surface area contributed by atoms with E-state index in [0.717, 1.165) is 11.1 Å². The molecule has 2 aliphatic rings. The molecule has 2 aliphatic carbocycles. The maximum absolute atomic E-state index is 12.4. The lowest BCUT2D eigenvalue weighted by atomic mass is 9.99. The largest absolute Gasteiger partial charge is 0.455 e. The minimum absolute atomic E-state index is 0.261. The van der Waals surface area contributed by atoms with E-state index in [9.17, 15) is 9.59 Å². The van der Waals surface area contributed by atoms with Gasteiger partial charge in [-0.05, 0) is 41.7 Å². The third kappa shape index (κ3) is 4.54. The summed E-state index contributed by atoms with van der Waals surface area (Å²) in [5, 5.41) is 0. The van der Waals surface area contributed by atoms with E-state index in [1.807, 2.05) is 72.8 Å². The van der Waals surface area contributed by atoms with Crippen molar-refractivity contribution >= 4 is 24.1 Å². The fourth-order valence-electron chi connectivity index (χ4n) is 3.87. The summed E-state index contributed by atoms with van der Waals surface area (Å²) in [5.74, 6) is -0.617. The van der Waals surface area contributed by atoms with E-state index >= 15 is 0 Å². The summed E-state index contributed by atoms with van der Waals surface area (Å²) < 4.78 is 11.4. The van der Waals surface area contributed by atoms with Crippen molar-refractivity contribution < 1.29 is 19.1 Å². The van der Waals surface area contributed by atoms with Gasteiger partial charge in [0, 0.05) is 18.6 Å². The normalized spacial score (nSPS) is 25.0. The number of esters is 2. The van der Waals surface area contributed by atoms with Crippen molar-refractivity contribution in [1.82, 2.24) is 0 Å². The van der Waals surface area contributed by atoms with Crippen LogP contribution in [-0.2, 0) is 19.1 Å². The molecule has 4 rings (SSSR count). The van der Waals surface area contributed by atoms with Gasteiger partial charge in [-0.3, -0.25) is 0 Å². The molecular weight excluding hydrogens is 364 g/mol. The Kier molecular flexibility index (Phi) is 5.43. The third-order valence-corrected chi connectivity index (χ3v) is 5.27. The fourth-order valence-corrected chi connectivity index (χ4v) is 3.87. The monoisotopic (exact) mass is 386 g/mol.